The molecule has 86 valence electrons. The van der Waals surface area contributed by atoms with E-state index < -0.39 is 0 Å². The van der Waals surface area contributed by atoms with Gasteiger partial charge < -0.3 is 4.90 Å². The Balaban J connectivity index is 1.85. The van der Waals surface area contributed by atoms with Crippen molar-refractivity contribution in [1.82, 2.24) is 9.97 Å². The van der Waals surface area contributed by atoms with E-state index in [9.17, 15) is 0 Å². The fourth-order valence-corrected chi connectivity index (χ4v) is 3.50. The summed E-state index contributed by atoms with van der Waals surface area (Å²) in [5.41, 5.74) is 0. The van der Waals surface area contributed by atoms with E-state index in [1.54, 1.807) is 0 Å². The van der Waals surface area contributed by atoms with E-state index in [-0.39, 0.29) is 0 Å². The number of aromatic nitrogens is 2. The lowest BCUT2D eigenvalue weighted by Crippen LogP contribution is -2.35. The van der Waals surface area contributed by atoms with Crippen molar-refractivity contribution in [2.75, 3.05) is 11.4 Å². The molecular formula is C12H16IN3. The van der Waals surface area contributed by atoms with Crippen LogP contribution >= 0.6 is 22.6 Å². The third-order valence-corrected chi connectivity index (χ3v) is 4.48. The molecule has 1 aliphatic carbocycles. The van der Waals surface area contributed by atoms with Gasteiger partial charge >= 0.3 is 0 Å². The third kappa shape index (κ3) is 1.92. The SMILES string of the molecule is Ic1ccnc(N2CCC3CCCCC32)n1. The quantitative estimate of drug-likeness (QED) is 0.586. The first-order valence-electron chi connectivity index (χ1n) is 6.10. The maximum absolute atomic E-state index is 4.55. The summed E-state index contributed by atoms with van der Waals surface area (Å²) in [6, 6.07) is 2.67. The fourth-order valence-electron chi connectivity index (χ4n) is 3.12. The average Bonchev–Trinajstić information content (AvgIpc) is 2.72. The molecule has 2 unspecified atom stereocenters. The summed E-state index contributed by atoms with van der Waals surface area (Å²) < 4.78 is 1.04. The molecule has 4 heteroatoms. The van der Waals surface area contributed by atoms with Crippen molar-refractivity contribution in [3.8, 4) is 0 Å². The maximum atomic E-state index is 4.55. The van der Waals surface area contributed by atoms with Crippen LogP contribution in [0.3, 0.4) is 0 Å². The Bertz CT molecular complexity index is 382. The van der Waals surface area contributed by atoms with E-state index in [4.69, 9.17) is 0 Å². The normalized spacial score (nSPS) is 29.2. The van der Waals surface area contributed by atoms with Gasteiger partial charge in [-0.3, -0.25) is 0 Å². The van der Waals surface area contributed by atoms with Crippen LogP contribution in [0.25, 0.3) is 0 Å². The predicted molar refractivity (Wildman–Crippen MR) is 72.5 cm³/mol. The highest BCUT2D eigenvalue weighted by Gasteiger charge is 2.36. The Morgan fingerprint density at radius 1 is 1.25 bits per heavy atom. The molecule has 0 bridgehead atoms. The lowest BCUT2D eigenvalue weighted by molar-refractivity contribution is 0.340. The fraction of sp³-hybridized carbons (Fsp3) is 0.667. The molecule has 3 rings (SSSR count). The van der Waals surface area contributed by atoms with Gasteiger partial charge in [0.2, 0.25) is 5.95 Å². The lowest BCUT2D eigenvalue weighted by Gasteiger charge is -2.31. The highest BCUT2D eigenvalue weighted by atomic mass is 127. The molecule has 0 aromatic carbocycles. The monoisotopic (exact) mass is 329 g/mol. The summed E-state index contributed by atoms with van der Waals surface area (Å²) in [6.07, 6.45) is 8.74. The molecule has 2 fully saturated rings. The Labute approximate surface area is 110 Å². The Morgan fingerprint density at radius 2 is 2.12 bits per heavy atom. The molecule has 0 amide bonds. The Hall–Kier alpha value is -0.390. The second-order valence-electron chi connectivity index (χ2n) is 4.77. The van der Waals surface area contributed by atoms with E-state index >= 15 is 0 Å². The van der Waals surface area contributed by atoms with Crippen molar-refractivity contribution in [2.24, 2.45) is 5.92 Å². The number of fused-ring (bicyclic) bond motifs is 1. The molecule has 1 aromatic rings. The molecule has 1 saturated carbocycles. The van der Waals surface area contributed by atoms with Crippen molar-refractivity contribution < 1.29 is 0 Å². The second kappa shape index (κ2) is 4.47. The molecule has 3 nitrogen and oxygen atoms in total. The van der Waals surface area contributed by atoms with Crippen LogP contribution in [0.4, 0.5) is 5.95 Å². The van der Waals surface area contributed by atoms with Gasteiger partial charge in [0.1, 0.15) is 3.70 Å². The zero-order chi connectivity index (χ0) is 11.0. The summed E-state index contributed by atoms with van der Waals surface area (Å²) in [5.74, 6) is 1.84. The molecule has 2 heterocycles. The number of hydrogen-bond donors (Lipinski definition) is 0. The van der Waals surface area contributed by atoms with Gasteiger partial charge in [0.05, 0.1) is 0 Å². The molecule has 1 saturated heterocycles. The molecule has 0 N–H and O–H groups in total. The number of halogens is 1. The summed E-state index contributed by atoms with van der Waals surface area (Å²) in [4.78, 5) is 11.4. The van der Waals surface area contributed by atoms with Crippen molar-refractivity contribution >= 4 is 28.5 Å². The van der Waals surface area contributed by atoms with Gasteiger partial charge in [-0.2, -0.15) is 0 Å². The lowest BCUT2D eigenvalue weighted by atomic mass is 9.85. The second-order valence-corrected chi connectivity index (χ2v) is 5.88. The summed E-state index contributed by atoms with van der Waals surface area (Å²) in [5, 5.41) is 0. The first-order chi connectivity index (χ1) is 7.84. The summed E-state index contributed by atoms with van der Waals surface area (Å²) in [7, 11) is 0. The number of rotatable bonds is 1. The molecule has 16 heavy (non-hydrogen) atoms. The van der Waals surface area contributed by atoms with Crippen LogP contribution in [0.5, 0.6) is 0 Å². The van der Waals surface area contributed by atoms with Crippen LogP contribution in [0.1, 0.15) is 32.1 Å². The highest BCUT2D eigenvalue weighted by molar-refractivity contribution is 14.1. The number of nitrogens with zero attached hydrogens (tertiary/aromatic N) is 3. The molecule has 2 atom stereocenters. The molecular weight excluding hydrogens is 313 g/mol. The van der Waals surface area contributed by atoms with Gasteiger partial charge in [-0.1, -0.05) is 12.8 Å². The average molecular weight is 329 g/mol. The first-order valence-corrected chi connectivity index (χ1v) is 7.17. The molecule has 0 radical (unpaired) electrons. The van der Waals surface area contributed by atoms with Crippen molar-refractivity contribution in [3.63, 3.8) is 0 Å². The minimum atomic E-state index is 0.715. The number of anilines is 1. The number of hydrogen-bond acceptors (Lipinski definition) is 3. The maximum Gasteiger partial charge on any atom is 0.226 e. The van der Waals surface area contributed by atoms with Gasteiger partial charge in [0, 0.05) is 18.8 Å². The van der Waals surface area contributed by atoms with Crippen molar-refractivity contribution in [3.05, 3.63) is 16.0 Å². The largest absolute Gasteiger partial charge is 0.338 e. The zero-order valence-corrected chi connectivity index (χ0v) is 11.4. The minimum absolute atomic E-state index is 0.715. The molecule has 0 spiro atoms. The van der Waals surface area contributed by atoms with Crippen LogP contribution in [0.15, 0.2) is 12.3 Å². The van der Waals surface area contributed by atoms with E-state index in [1.807, 2.05) is 12.3 Å². The van der Waals surface area contributed by atoms with Crippen molar-refractivity contribution in [1.29, 1.82) is 0 Å². The predicted octanol–water partition coefficient (Wildman–Crippen LogP) is 2.85. The standard InChI is InChI=1S/C12H16IN3/c13-11-5-7-14-12(15-11)16-8-6-9-3-1-2-4-10(9)16/h5,7,9-10H,1-4,6,8H2. The third-order valence-electron chi connectivity index (χ3n) is 3.88. The zero-order valence-electron chi connectivity index (χ0n) is 9.27. The summed E-state index contributed by atoms with van der Waals surface area (Å²) in [6.45, 7) is 1.15. The van der Waals surface area contributed by atoms with Crippen LogP contribution in [-0.2, 0) is 0 Å². The van der Waals surface area contributed by atoms with Gasteiger partial charge in [0.15, 0.2) is 0 Å². The first kappa shape index (κ1) is 10.7. The Morgan fingerprint density at radius 3 is 3.00 bits per heavy atom. The van der Waals surface area contributed by atoms with E-state index in [2.05, 4.69) is 37.5 Å². The highest BCUT2D eigenvalue weighted by Crippen LogP contribution is 2.37. The molecule has 1 aliphatic heterocycles. The van der Waals surface area contributed by atoms with Gasteiger partial charge in [-0.15, -0.1) is 0 Å². The molecule has 2 aliphatic rings. The van der Waals surface area contributed by atoms with Crippen LogP contribution in [-0.4, -0.2) is 22.6 Å². The van der Waals surface area contributed by atoms with E-state index in [0.717, 1.165) is 22.1 Å². The smallest absolute Gasteiger partial charge is 0.226 e. The minimum Gasteiger partial charge on any atom is -0.338 e. The van der Waals surface area contributed by atoms with Crippen molar-refractivity contribution in [2.45, 2.75) is 38.1 Å². The van der Waals surface area contributed by atoms with Gasteiger partial charge in [-0.25, -0.2) is 9.97 Å². The van der Waals surface area contributed by atoms with Crippen LogP contribution in [0, 0.1) is 9.62 Å². The Kier molecular flexibility index (Phi) is 3.00. The van der Waals surface area contributed by atoms with E-state index in [0.29, 0.717) is 6.04 Å². The molecule has 1 aromatic heterocycles. The van der Waals surface area contributed by atoms with Crippen LogP contribution < -0.4 is 4.90 Å². The van der Waals surface area contributed by atoms with Gasteiger partial charge in [-0.05, 0) is 53.8 Å². The van der Waals surface area contributed by atoms with E-state index in [1.165, 1.54) is 32.1 Å². The van der Waals surface area contributed by atoms with Gasteiger partial charge in [0.25, 0.3) is 0 Å². The topological polar surface area (TPSA) is 29.0 Å². The van der Waals surface area contributed by atoms with Crippen LogP contribution in [0.2, 0.25) is 0 Å². The summed E-state index contributed by atoms with van der Waals surface area (Å²) >= 11 is 2.26.